The highest BCUT2D eigenvalue weighted by molar-refractivity contribution is 6.24. The summed E-state index contributed by atoms with van der Waals surface area (Å²) < 4.78 is 22.7. The third-order valence-electron chi connectivity index (χ3n) is 15.2. The van der Waals surface area contributed by atoms with Crippen molar-refractivity contribution in [3.05, 3.63) is 98.7 Å². The molecular weight excluding hydrogens is 905 g/mol. The van der Waals surface area contributed by atoms with Gasteiger partial charge in [-0.05, 0) is 92.0 Å². The molecule has 9 rings (SSSR count). The van der Waals surface area contributed by atoms with E-state index in [9.17, 15) is 28.8 Å². The summed E-state index contributed by atoms with van der Waals surface area (Å²) in [5.41, 5.74) is 9.40. The van der Waals surface area contributed by atoms with Crippen LogP contribution in [-0.2, 0) is 51.6 Å². The number of hydrogen-bond acceptors (Lipinski definition) is 12. The second kappa shape index (κ2) is 21.9. The van der Waals surface area contributed by atoms with Crippen LogP contribution in [0.4, 0.5) is 5.69 Å². The van der Waals surface area contributed by atoms with Crippen molar-refractivity contribution in [1.82, 2.24) is 25.0 Å². The Kier molecular flexibility index (Phi) is 15.5. The standard InChI is InChI=1S/C55H68N6O10/c1-5-36-33-41-42(55(3,4)51-49(50(41)64)39-12-11-35(2)32-43(39)56-51)34-45(36)59-18-15-38(16-19-59)58-20-22-60(23-21-58)47(63)17-25-69-27-29-71-31-30-70-28-26-68-24-7-9-37-8-6-10-40-48(37)54(67)61(53(40)66)44-13-14-46(62)57-52(44)65/h6,8,10-12,32-34,38,44,56H,5,7,9,13-31H2,1-4H3,(H,57,62,65). The molecule has 1 atom stereocenters. The highest BCUT2D eigenvalue weighted by Crippen LogP contribution is 2.46. The summed E-state index contributed by atoms with van der Waals surface area (Å²) in [7, 11) is 0. The predicted octanol–water partition coefficient (Wildman–Crippen LogP) is 5.51. The largest absolute Gasteiger partial charge is 0.379 e. The lowest BCUT2D eigenvalue weighted by Crippen LogP contribution is -2.54. The quantitative estimate of drug-likeness (QED) is 0.0839. The maximum atomic E-state index is 14.1. The molecule has 0 saturated carbocycles. The summed E-state index contributed by atoms with van der Waals surface area (Å²) in [4.78, 5) is 89.2. The summed E-state index contributed by atoms with van der Waals surface area (Å²) in [6, 6.07) is 15.4. The van der Waals surface area contributed by atoms with Gasteiger partial charge in [0.05, 0.1) is 69.4 Å². The molecule has 16 nitrogen and oxygen atoms in total. The van der Waals surface area contributed by atoms with Gasteiger partial charge in [-0.25, -0.2) is 0 Å². The van der Waals surface area contributed by atoms with E-state index >= 15 is 0 Å². The number of imide groups is 2. The molecule has 3 saturated heterocycles. The van der Waals surface area contributed by atoms with E-state index in [1.54, 1.807) is 12.1 Å². The topological polar surface area (TPSA) is 180 Å². The van der Waals surface area contributed by atoms with Crippen molar-refractivity contribution in [2.75, 3.05) is 97.0 Å². The van der Waals surface area contributed by atoms with Crippen molar-refractivity contribution in [2.24, 2.45) is 0 Å². The number of H-pyrrole nitrogens is 1. The van der Waals surface area contributed by atoms with Gasteiger partial charge < -0.3 is 33.7 Å². The third-order valence-corrected chi connectivity index (χ3v) is 15.2. The molecule has 5 aliphatic rings. The third kappa shape index (κ3) is 10.5. The van der Waals surface area contributed by atoms with Gasteiger partial charge in [0.15, 0.2) is 5.78 Å². The average molecular weight is 973 g/mol. The summed E-state index contributed by atoms with van der Waals surface area (Å²) in [6.07, 6.45) is 4.67. The van der Waals surface area contributed by atoms with Crippen LogP contribution in [0, 0.1) is 6.92 Å². The number of rotatable bonds is 20. The Morgan fingerprint density at radius 2 is 1.42 bits per heavy atom. The smallest absolute Gasteiger partial charge is 0.262 e. The number of hydrogen-bond donors (Lipinski definition) is 2. The summed E-state index contributed by atoms with van der Waals surface area (Å²) >= 11 is 0. The number of piperazine rings is 1. The molecule has 0 spiro atoms. The van der Waals surface area contributed by atoms with Crippen molar-refractivity contribution in [3.8, 4) is 0 Å². The van der Waals surface area contributed by atoms with Gasteiger partial charge in [-0.1, -0.05) is 45.0 Å². The van der Waals surface area contributed by atoms with Crippen molar-refractivity contribution in [1.29, 1.82) is 0 Å². The number of piperidine rings is 2. The molecule has 1 unspecified atom stereocenters. The number of carbonyl (C=O) groups excluding carboxylic acids is 6. The number of benzene rings is 3. The number of nitrogens with one attached hydrogen (secondary N) is 2. The number of aromatic amines is 1. The molecule has 4 aliphatic heterocycles. The molecule has 3 fully saturated rings. The van der Waals surface area contributed by atoms with Gasteiger partial charge in [0, 0.05) is 91.6 Å². The Morgan fingerprint density at radius 3 is 2.11 bits per heavy atom. The second-order valence-electron chi connectivity index (χ2n) is 20.0. The molecule has 71 heavy (non-hydrogen) atoms. The lowest BCUT2D eigenvalue weighted by atomic mass is 9.70. The number of aryl methyl sites for hydroxylation is 3. The van der Waals surface area contributed by atoms with Crippen LogP contribution in [0.2, 0.25) is 0 Å². The Labute approximate surface area is 415 Å². The molecular formula is C55H68N6O10. The monoisotopic (exact) mass is 972 g/mol. The fourth-order valence-electron chi connectivity index (χ4n) is 11.2. The molecule has 4 aromatic rings. The zero-order valence-corrected chi connectivity index (χ0v) is 41.7. The van der Waals surface area contributed by atoms with E-state index in [2.05, 4.69) is 78.1 Å². The number of ether oxygens (including phenoxy) is 4. The van der Waals surface area contributed by atoms with E-state index in [1.807, 2.05) is 11.0 Å². The maximum Gasteiger partial charge on any atom is 0.262 e. The highest BCUT2D eigenvalue weighted by atomic mass is 16.6. The average Bonchev–Trinajstić information content (AvgIpc) is 3.88. The minimum atomic E-state index is -0.992. The number of fused-ring (bicyclic) bond motifs is 5. The summed E-state index contributed by atoms with van der Waals surface area (Å²) in [5, 5.41) is 3.23. The van der Waals surface area contributed by atoms with Crippen LogP contribution < -0.4 is 10.2 Å². The number of amides is 5. The van der Waals surface area contributed by atoms with Crippen molar-refractivity contribution in [3.63, 3.8) is 0 Å². The van der Waals surface area contributed by atoms with Crippen molar-refractivity contribution >= 4 is 51.9 Å². The van der Waals surface area contributed by atoms with E-state index in [4.69, 9.17) is 18.9 Å². The number of ketones is 1. The van der Waals surface area contributed by atoms with Crippen LogP contribution in [-0.4, -0.2) is 159 Å². The van der Waals surface area contributed by atoms with Crippen LogP contribution in [0.3, 0.4) is 0 Å². The van der Waals surface area contributed by atoms with Gasteiger partial charge in [-0.2, -0.15) is 0 Å². The van der Waals surface area contributed by atoms with E-state index in [1.165, 1.54) is 16.8 Å². The minimum Gasteiger partial charge on any atom is -0.379 e. The first-order chi connectivity index (χ1) is 34.3. The highest BCUT2D eigenvalue weighted by Gasteiger charge is 2.46. The number of anilines is 1. The molecule has 5 amide bonds. The predicted molar refractivity (Wildman–Crippen MR) is 267 cm³/mol. The minimum absolute atomic E-state index is 0.0760. The molecule has 378 valence electrons. The zero-order valence-electron chi connectivity index (χ0n) is 41.7. The first kappa shape index (κ1) is 50.2. The molecule has 5 heterocycles. The summed E-state index contributed by atoms with van der Waals surface area (Å²) in [6.45, 7) is 17.1. The Hall–Kier alpha value is -5.78. The molecule has 16 heteroatoms. The van der Waals surface area contributed by atoms with E-state index in [0.717, 1.165) is 102 Å². The lowest BCUT2D eigenvalue weighted by molar-refractivity contribution is -0.136. The fraction of sp³-hybridized carbons (Fsp3) is 0.527. The van der Waals surface area contributed by atoms with E-state index < -0.39 is 29.7 Å². The van der Waals surface area contributed by atoms with Gasteiger partial charge in [0.25, 0.3) is 11.8 Å². The van der Waals surface area contributed by atoms with Gasteiger partial charge in [-0.3, -0.25) is 43.9 Å². The summed E-state index contributed by atoms with van der Waals surface area (Å²) in [5.74, 6) is -1.80. The molecule has 0 bridgehead atoms. The van der Waals surface area contributed by atoms with Gasteiger partial charge in [0.2, 0.25) is 17.7 Å². The molecule has 2 N–H and O–H groups in total. The van der Waals surface area contributed by atoms with Crippen LogP contribution in [0.5, 0.6) is 0 Å². The van der Waals surface area contributed by atoms with Gasteiger partial charge >= 0.3 is 0 Å². The number of carbonyl (C=O) groups is 6. The van der Waals surface area contributed by atoms with Gasteiger partial charge in [-0.15, -0.1) is 0 Å². The van der Waals surface area contributed by atoms with Crippen molar-refractivity contribution in [2.45, 2.75) is 96.6 Å². The molecule has 1 aliphatic carbocycles. The van der Waals surface area contributed by atoms with Gasteiger partial charge in [0.1, 0.15) is 6.04 Å². The lowest BCUT2D eigenvalue weighted by Gasteiger charge is -2.44. The zero-order chi connectivity index (χ0) is 49.8. The first-order valence-electron chi connectivity index (χ1n) is 25.6. The van der Waals surface area contributed by atoms with Crippen LogP contribution >= 0.6 is 0 Å². The number of nitrogens with zero attached hydrogens (tertiary/aromatic N) is 4. The molecule has 0 radical (unpaired) electrons. The Bertz CT molecular complexity index is 2680. The first-order valence-corrected chi connectivity index (χ1v) is 25.6. The fourth-order valence-corrected chi connectivity index (χ4v) is 11.2. The normalized spacial score (nSPS) is 19.4. The van der Waals surface area contributed by atoms with E-state index in [-0.39, 0.29) is 35.5 Å². The van der Waals surface area contributed by atoms with Crippen LogP contribution in [0.15, 0.2) is 48.5 Å². The molecule has 3 aromatic carbocycles. The Balaban J connectivity index is 0.608. The Morgan fingerprint density at radius 1 is 0.732 bits per heavy atom. The maximum absolute atomic E-state index is 14.1. The van der Waals surface area contributed by atoms with Crippen LogP contribution in [0.1, 0.15) is 124 Å². The number of aromatic nitrogens is 1. The molecule has 1 aromatic heterocycles. The van der Waals surface area contributed by atoms with E-state index in [0.29, 0.717) is 83.7 Å². The second-order valence-corrected chi connectivity index (χ2v) is 20.0. The van der Waals surface area contributed by atoms with Crippen LogP contribution in [0.25, 0.3) is 10.9 Å². The van der Waals surface area contributed by atoms with Crippen molar-refractivity contribution < 1.29 is 47.7 Å². The SMILES string of the molecule is CCc1cc2c(cc1N1CCC(N3CCN(C(=O)CCOCCOCCOCCOCCCc4cccc5c4C(=O)N(C4CCC(=O)NC4=O)C5=O)CC3)CC1)C(C)(C)c1[nH]c3cc(C)ccc3c1C2=O.